The Morgan fingerprint density at radius 2 is 1.88 bits per heavy atom. The molecule has 0 spiro atoms. The Morgan fingerprint density at radius 1 is 1.04 bits per heavy atom. The molecule has 0 saturated carbocycles. The molecular formula is C18H17FN2O3S. The van der Waals surface area contributed by atoms with Crippen LogP contribution in [-0.2, 0) is 27.7 Å². The quantitative estimate of drug-likeness (QED) is 0.896. The van der Waals surface area contributed by atoms with E-state index < -0.39 is 15.8 Å². The van der Waals surface area contributed by atoms with Crippen LogP contribution in [0.4, 0.5) is 15.8 Å². The van der Waals surface area contributed by atoms with Gasteiger partial charge in [-0.05, 0) is 54.7 Å². The summed E-state index contributed by atoms with van der Waals surface area (Å²) in [5, 5.41) is 2.74. The van der Waals surface area contributed by atoms with E-state index in [-0.39, 0.29) is 23.0 Å². The highest BCUT2D eigenvalue weighted by Crippen LogP contribution is 2.35. The van der Waals surface area contributed by atoms with Crippen molar-refractivity contribution in [3.05, 3.63) is 53.3 Å². The van der Waals surface area contributed by atoms with E-state index in [1.165, 1.54) is 16.4 Å². The van der Waals surface area contributed by atoms with Crippen LogP contribution in [0.15, 0.2) is 41.3 Å². The minimum Gasteiger partial charge on any atom is -0.326 e. The number of rotatable bonds is 2. The zero-order valence-corrected chi connectivity index (χ0v) is 14.3. The van der Waals surface area contributed by atoms with Gasteiger partial charge in [0, 0.05) is 18.7 Å². The predicted octanol–water partition coefficient (Wildman–Crippen LogP) is 2.85. The van der Waals surface area contributed by atoms with E-state index in [0.29, 0.717) is 36.9 Å². The SMILES string of the molecule is O=C1CCc2cc(S(=O)(=O)N3CCCc4cccc(F)c43)ccc2N1. The molecule has 0 aliphatic carbocycles. The first kappa shape index (κ1) is 16.1. The van der Waals surface area contributed by atoms with Crippen molar-refractivity contribution in [2.24, 2.45) is 0 Å². The lowest BCUT2D eigenvalue weighted by Crippen LogP contribution is -2.36. The summed E-state index contributed by atoms with van der Waals surface area (Å²) in [6, 6.07) is 9.31. The molecule has 0 unspecified atom stereocenters. The molecule has 2 aliphatic rings. The van der Waals surface area contributed by atoms with Gasteiger partial charge in [-0.3, -0.25) is 9.10 Å². The fraction of sp³-hybridized carbons (Fsp3) is 0.278. The first-order valence-corrected chi connectivity index (χ1v) is 9.64. The average Bonchev–Trinajstić information content (AvgIpc) is 2.61. The van der Waals surface area contributed by atoms with Gasteiger partial charge in [-0.2, -0.15) is 0 Å². The Bertz CT molecular complexity index is 972. The van der Waals surface area contributed by atoms with E-state index in [1.54, 1.807) is 24.3 Å². The number of hydrogen-bond donors (Lipinski definition) is 1. The van der Waals surface area contributed by atoms with E-state index in [2.05, 4.69) is 5.32 Å². The van der Waals surface area contributed by atoms with Crippen LogP contribution < -0.4 is 9.62 Å². The van der Waals surface area contributed by atoms with Crippen LogP contribution in [0, 0.1) is 5.82 Å². The summed E-state index contributed by atoms with van der Waals surface area (Å²) in [5.74, 6) is -0.596. The Balaban J connectivity index is 1.78. The summed E-state index contributed by atoms with van der Waals surface area (Å²) < 4.78 is 41.7. The molecule has 2 aliphatic heterocycles. The van der Waals surface area contributed by atoms with Crippen molar-refractivity contribution in [2.45, 2.75) is 30.6 Å². The third kappa shape index (κ3) is 2.68. The fourth-order valence-corrected chi connectivity index (χ4v) is 5.05. The monoisotopic (exact) mass is 360 g/mol. The van der Waals surface area contributed by atoms with Gasteiger partial charge < -0.3 is 5.32 Å². The number of sulfonamides is 1. The highest BCUT2D eigenvalue weighted by atomic mass is 32.2. The van der Waals surface area contributed by atoms with E-state index in [4.69, 9.17) is 0 Å². The second-order valence-electron chi connectivity index (χ2n) is 6.30. The Hall–Kier alpha value is -2.41. The number of hydrogen-bond acceptors (Lipinski definition) is 3. The normalized spacial score (nSPS) is 16.8. The Morgan fingerprint density at radius 3 is 2.72 bits per heavy atom. The topological polar surface area (TPSA) is 66.5 Å². The second kappa shape index (κ2) is 5.84. The highest BCUT2D eigenvalue weighted by Gasteiger charge is 2.32. The third-order valence-corrected chi connectivity index (χ3v) is 6.48. The number of amides is 1. The molecule has 2 heterocycles. The standard InChI is InChI=1S/C18H17FN2O3S/c19-15-5-1-3-12-4-2-10-21(18(12)15)25(23,24)14-7-8-16-13(11-14)6-9-17(22)20-16/h1,3,5,7-8,11H,2,4,6,9-10H2,(H,20,22). The molecule has 2 aromatic carbocycles. The molecular weight excluding hydrogens is 343 g/mol. The summed E-state index contributed by atoms with van der Waals surface area (Å²) in [5.41, 5.74) is 2.28. The lowest BCUT2D eigenvalue weighted by atomic mass is 10.0. The molecule has 2 aromatic rings. The maximum atomic E-state index is 14.3. The minimum atomic E-state index is -3.86. The van der Waals surface area contributed by atoms with Gasteiger partial charge in [0.05, 0.1) is 10.6 Å². The van der Waals surface area contributed by atoms with Gasteiger partial charge in [0.25, 0.3) is 10.0 Å². The van der Waals surface area contributed by atoms with Crippen LogP contribution >= 0.6 is 0 Å². The first-order valence-electron chi connectivity index (χ1n) is 8.20. The molecule has 0 aromatic heterocycles. The summed E-state index contributed by atoms with van der Waals surface area (Å²) in [4.78, 5) is 11.6. The summed E-state index contributed by atoms with van der Waals surface area (Å²) in [7, 11) is -3.86. The first-order chi connectivity index (χ1) is 12.0. The summed E-state index contributed by atoms with van der Waals surface area (Å²) in [6.07, 6.45) is 2.14. The molecule has 0 saturated heterocycles. The number of para-hydroxylation sites is 1. The molecule has 0 bridgehead atoms. The number of fused-ring (bicyclic) bond motifs is 2. The van der Waals surface area contributed by atoms with Crippen molar-refractivity contribution in [3.63, 3.8) is 0 Å². The molecule has 0 radical (unpaired) electrons. The molecule has 5 nitrogen and oxygen atoms in total. The van der Waals surface area contributed by atoms with E-state index in [0.717, 1.165) is 5.56 Å². The number of aryl methyl sites for hydroxylation is 2. The molecule has 0 fully saturated rings. The third-order valence-electron chi connectivity index (χ3n) is 4.69. The van der Waals surface area contributed by atoms with Crippen LogP contribution in [0.5, 0.6) is 0 Å². The zero-order valence-electron chi connectivity index (χ0n) is 13.5. The average molecular weight is 360 g/mol. The predicted molar refractivity (Wildman–Crippen MR) is 92.6 cm³/mol. The van der Waals surface area contributed by atoms with Gasteiger partial charge in [0.2, 0.25) is 5.91 Å². The van der Waals surface area contributed by atoms with E-state index in [9.17, 15) is 17.6 Å². The number of nitrogens with one attached hydrogen (secondary N) is 1. The largest absolute Gasteiger partial charge is 0.326 e. The number of benzene rings is 2. The molecule has 7 heteroatoms. The van der Waals surface area contributed by atoms with Gasteiger partial charge in [-0.15, -0.1) is 0 Å². The van der Waals surface area contributed by atoms with Crippen molar-refractivity contribution in [3.8, 4) is 0 Å². The molecule has 4 rings (SSSR count). The summed E-state index contributed by atoms with van der Waals surface area (Å²) >= 11 is 0. The van der Waals surface area contributed by atoms with Crippen LogP contribution in [0.3, 0.4) is 0 Å². The van der Waals surface area contributed by atoms with Crippen molar-refractivity contribution in [2.75, 3.05) is 16.2 Å². The molecule has 130 valence electrons. The molecule has 1 amide bonds. The van der Waals surface area contributed by atoms with Crippen molar-refractivity contribution >= 4 is 27.3 Å². The fourth-order valence-electron chi connectivity index (χ4n) is 3.45. The van der Waals surface area contributed by atoms with Crippen LogP contribution in [0.25, 0.3) is 0 Å². The lowest BCUT2D eigenvalue weighted by molar-refractivity contribution is -0.116. The lowest BCUT2D eigenvalue weighted by Gasteiger charge is -2.31. The van der Waals surface area contributed by atoms with E-state index in [1.807, 2.05) is 0 Å². The number of carbonyl (C=O) groups excluding carboxylic acids is 1. The van der Waals surface area contributed by atoms with Crippen molar-refractivity contribution in [1.82, 2.24) is 0 Å². The molecule has 25 heavy (non-hydrogen) atoms. The van der Waals surface area contributed by atoms with Gasteiger partial charge >= 0.3 is 0 Å². The van der Waals surface area contributed by atoms with Crippen LogP contribution in [-0.4, -0.2) is 20.9 Å². The number of halogens is 1. The van der Waals surface area contributed by atoms with Gasteiger partial charge in [-0.25, -0.2) is 12.8 Å². The van der Waals surface area contributed by atoms with Gasteiger partial charge in [0.1, 0.15) is 5.82 Å². The molecule has 1 N–H and O–H groups in total. The minimum absolute atomic E-state index is 0.0739. The maximum absolute atomic E-state index is 14.3. The Kier molecular flexibility index (Phi) is 3.76. The van der Waals surface area contributed by atoms with Gasteiger partial charge in [-0.1, -0.05) is 12.1 Å². The van der Waals surface area contributed by atoms with Crippen molar-refractivity contribution in [1.29, 1.82) is 0 Å². The number of carbonyl (C=O) groups is 1. The van der Waals surface area contributed by atoms with Crippen LogP contribution in [0.2, 0.25) is 0 Å². The number of anilines is 2. The molecule has 0 atom stereocenters. The van der Waals surface area contributed by atoms with Crippen molar-refractivity contribution < 1.29 is 17.6 Å². The maximum Gasteiger partial charge on any atom is 0.264 e. The second-order valence-corrected chi connectivity index (χ2v) is 8.16. The van der Waals surface area contributed by atoms with Crippen LogP contribution in [0.1, 0.15) is 24.0 Å². The summed E-state index contributed by atoms with van der Waals surface area (Å²) in [6.45, 7) is 0.254. The highest BCUT2D eigenvalue weighted by molar-refractivity contribution is 7.92. The zero-order chi connectivity index (χ0) is 17.6. The smallest absolute Gasteiger partial charge is 0.264 e. The number of nitrogens with zero attached hydrogens (tertiary/aromatic N) is 1. The Labute approximate surface area is 145 Å². The van der Waals surface area contributed by atoms with E-state index >= 15 is 0 Å². The van der Waals surface area contributed by atoms with Gasteiger partial charge in [0.15, 0.2) is 0 Å².